The molecule has 2 unspecified atom stereocenters. The van der Waals surface area contributed by atoms with E-state index in [4.69, 9.17) is 0 Å². The molecule has 0 N–H and O–H groups in total. The summed E-state index contributed by atoms with van der Waals surface area (Å²) in [6.45, 7) is 0.327. The van der Waals surface area contributed by atoms with Crippen LogP contribution in [0.25, 0.3) is 0 Å². The Bertz CT molecular complexity index is 1120. The van der Waals surface area contributed by atoms with Crippen molar-refractivity contribution < 1.29 is 9.59 Å². The van der Waals surface area contributed by atoms with Crippen LogP contribution in [0.5, 0.6) is 0 Å². The summed E-state index contributed by atoms with van der Waals surface area (Å²) in [6, 6.07) is 26.2. The molecular formula is C25H18BrNO2. The van der Waals surface area contributed by atoms with Crippen molar-refractivity contribution in [2.75, 3.05) is 0 Å². The second-order valence-corrected chi connectivity index (χ2v) is 9.37. The van der Waals surface area contributed by atoms with Crippen LogP contribution in [0.4, 0.5) is 0 Å². The van der Waals surface area contributed by atoms with E-state index in [0.29, 0.717) is 6.54 Å². The minimum Gasteiger partial charge on any atom is -0.278 e. The molecule has 4 aliphatic rings. The summed E-state index contributed by atoms with van der Waals surface area (Å²) in [5.41, 5.74) is 5.53. The first-order chi connectivity index (χ1) is 14.1. The Labute approximate surface area is 177 Å². The van der Waals surface area contributed by atoms with E-state index in [-0.39, 0.29) is 23.7 Å². The summed E-state index contributed by atoms with van der Waals surface area (Å²) in [7, 11) is 0. The molecule has 1 heterocycles. The van der Waals surface area contributed by atoms with Crippen LogP contribution in [-0.2, 0) is 20.5 Å². The smallest absolute Gasteiger partial charge is 0.235 e. The largest absolute Gasteiger partial charge is 0.278 e. The van der Waals surface area contributed by atoms with Gasteiger partial charge < -0.3 is 0 Å². The molecule has 2 atom stereocenters. The third-order valence-corrected chi connectivity index (χ3v) is 8.14. The Morgan fingerprint density at radius 1 is 0.759 bits per heavy atom. The number of carbonyl (C=O) groups is 2. The molecule has 142 valence electrons. The van der Waals surface area contributed by atoms with Crippen LogP contribution in [0.15, 0.2) is 78.9 Å². The number of likely N-dealkylation sites (tertiary alicyclic amines) is 1. The molecule has 0 radical (unpaired) electrons. The van der Waals surface area contributed by atoms with Gasteiger partial charge in [0, 0.05) is 5.92 Å². The topological polar surface area (TPSA) is 37.4 Å². The molecule has 7 rings (SSSR count). The quantitative estimate of drug-likeness (QED) is 0.429. The number of hydrogen-bond acceptors (Lipinski definition) is 2. The molecular weight excluding hydrogens is 426 g/mol. The third kappa shape index (κ3) is 2.07. The highest BCUT2D eigenvalue weighted by molar-refractivity contribution is 9.09. The summed E-state index contributed by atoms with van der Waals surface area (Å²) >= 11 is 4.02. The van der Waals surface area contributed by atoms with E-state index in [1.165, 1.54) is 4.90 Å². The molecule has 3 aliphatic carbocycles. The zero-order valence-corrected chi connectivity index (χ0v) is 17.2. The minimum absolute atomic E-state index is 0.0540. The second kappa shape index (κ2) is 5.90. The maximum atomic E-state index is 13.6. The van der Waals surface area contributed by atoms with Gasteiger partial charge in [0.1, 0.15) is 0 Å². The summed E-state index contributed by atoms with van der Waals surface area (Å²) in [6.07, 6.45) is 0. The van der Waals surface area contributed by atoms with Crippen LogP contribution >= 0.6 is 15.9 Å². The van der Waals surface area contributed by atoms with E-state index in [1.807, 2.05) is 54.6 Å². The summed E-state index contributed by atoms with van der Waals surface area (Å²) in [5, 5.41) is 0. The van der Waals surface area contributed by atoms with Gasteiger partial charge >= 0.3 is 0 Å². The predicted molar refractivity (Wildman–Crippen MR) is 113 cm³/mol. The van der Waals surface area contributed by atoms with Gasteiger partial charge in [0.25, 0.3) is 0 Å². The lowest BCUT2D eigenvalue weighted by molar-refractivity contribution is -0.140. The van der Waals surface area contributed by atoms with Crippen LogP contribution in [0.1, 0.15) is 33.7 Å². The second-order valence-electron chi connectivity index (χ2n) is 8.12. The van der Waals surface area contributed by atoms with E-state index in [2.05, 4.69) is 40.2 Å². The molecule has 1 aliphatic heterocycles. The van der Waals surface area contributed by atoms with Gasteiger partial charge in [-0.15, -0.1) is 0 Å². The Morgan fingerprint density at radius 3 is 1.93 bits per heavy atom. The van der Waals surface area contributed by atoms with Gasteiger partial charge in [-0.1, -0.05) is 94.8 Å². The standard InChI is InChI=1S/C25H18BrNO2/c26-25-18-12-6-4-10-16(18)20(17-11-5-7-13-19(17)25)21-22(25)24(29)27(23(21)28)14-15-8-2-1-3-9-15/h1-13,20-22H,14H2. The summed E-state index contributed by atoms with van der Waals surface area (Å²) in [5.74, 6) is -0.996. The van der Waals surface area contributed by atoms with Crippen molar-refractivity contribution in [1.29, 1.82) is 0 Å². The Kier molecular flexibility index (Phi) is 3.49. The first-order valence-electron chi connectivity index (χ1n) is 9.89. The van der Waals surface area contributed by atoms with Crippen LogP contribution in [0.3, 0.4) is 0 Å². The monoisotopic (exact) mass is 443 g/mol. The van der Waals surface area contributed by atoms with Gasteiger partial charge in [-0.05, 0) is 27.8 Å². The molecule has 2 amide bonds. The van der Waals surface area contributed by atoms with Crippen LogP contribution in [0, 0.1) is 11.8 Å². The number of amides is 2. The Balaban J connectivity index is 1.55. The number of hydrogen-bond donors (Lipinski definition) is 0. The highest BCUT2D eigenvalue weighted by atomic mass is 79.9. The maximum Gasteiger partial charge on any atom is 0.235 e. The molecule has 3 aromatic carbocycles. The zero-order chi connectivity index (χ0) is 19.8. The molecule has 2 bridgehead atoms. The molecule has 1 fully saturated rings. The highest BCUT2D eigenvalue weighted by Crippen LogP contribution is 2.66. The normalized spacial score (nSPS) is 28.9. The van der Waals surface area contributed by atoms with E-state index >= 15 is 0 Å². The van der Waals surface area contributed by atoms with Gasteiger partial charge in [0.2, 0.25) is 11.8 Å². The highest BCUT2D eigenvalue weighted by Gasteiger charge is 2.67. The maximum absolute atomic E-state index is 13.6. The third-order valence-electron chi connectivity index (χ3n) is 6.79. The fourth-order valence-corrected chi connectivity index (χ4v) is 6.86. The van der Waals surface area contributed by atoms with E-state index in [1.54, 1.807) is 0 Å². The fraction of sp³-hybridized carbons (Fsp3) is 0.200. The predicted octanol–water partition coefficient (Wildman–Crippen LogP) is 4.59. The number of benzene rings is 3. The summed E-state index contributed by atoms with van der Waals surface area (Å²) < 4.78 is -0.669. The molecule has 3 nitrogen and oxygen atoms in total. The van der Waals surface area contributed by atoms with E-state index in [0.717, 1.165) is 27.8 Å². The van der Waals surface area contributed by atoms with Gasteiger partial charge in [0.05, 0.1) is 22.7 Å². The summed E-state index contributed by atoms with van der Waals surface area (Å²) in [4.78, 5) is 28.7. The van der Waals surface area contributed by atoms with Crippen LogP contribution in [0.2, 0.25) is 0 Å². The lowest BCUT2D eigenvalue weighted by Crippen LogP contribution is -2.50. The van der Waals surface area contributed by atoms with Crippen LogP contribution < -0.4 is 0 Å². The van der Waals surface area contributed by atoms with E-state index < -0.39 is 10.2 Å². The lowest BCUT2D eigenvalue weighted by atomic mass is 9.55. The molecule has 0 aromatic heterocycles. The van der Waals surface area contributed by atoms with Crippen molar-refractivity contribution in [3.63, 3.8) is 0 Å². The number of nitrogens with zero attached hydrogens (tertiary/aromatic N) is 1. The van der Waals surface area contributed by atoms with E-state index in [9.17, 15) is 9.59 Å². The Hall–Kier alpha value is -2.72. The van der Waals surface area contributed by atoms with Gasteiger partial charge in [-0.3, -0.25) is 14.5 Å². The van der Waals surface area contributed by atoms with Gasteiger partial charge in [-0.25, -0.2) is 0 Å². The number of carbonyl (C=O) groups excluding carboxylic acids is 2. The van der Waals surface area contributed by atoms with Crippen molar-refractivity contribution in [2.24, 2.45) is 11.8 Å². The number of imide groups is 1. The SMILES string of the molecule is O=C1C2C3c4ccccc4C(Br)(c4ccccc43)C2C(=O)N1Cc1ccccc1. The van der Waals surface area contributed by atoms with Gasteiger partial charge in [-0.2, -0.15) is 0 Å². The molecule has 4 heteroatoms. The minimum atomic E-state index is -0.669. The molecule has 3 aromatic rings. The van der Waals surface area contributed by atoms with Crippen molar-refractivity contribution in [3.8, 4) is 0 Å². The molecule has 1 saturated heterocycles. The van der Waals surface area contributed by atoms with Gasteiger partial charge in [0.15, 0.2) is 0 Å². The van der Waals surface area contributed by atoms with Crippen molar-refractivity contribution in [3.05, 3.63) is 107 Å². The number of alkyl halides is 1. The molecule has 0 spiro atoms. The first kappa shape index (κ1) is 17.2. The lowest BCUT2D eigenvalue weighted by Gasteiger charge is -2.51. The number of rotatable bonds is 2. The molecule has 29 heavy (non-hydrogen) atoms. The average molecular weight is 444 g/mol. The van der Waals surface area contributed by atoms with Crippen molar-refractivity contribution >= 4 is 27.7 Å². The zero-order valence-electron chi connectivity index (χ0n) is 15.6. The average Bonchev–Trinajstić information content (AvgIpc) is 3.01. The Morgan fingerprint density at radius 2 is 1.31 bits per heavy atom. The van der Waals surface area contributed by atoms with Crippen molar-refractivity contribution in [1.82, 2.24) is 4.90 Å². The fourth-order valence-electron chi connectivity index (χ4n) is 5.66. The number of halogens is 1. The van der Waals surface area contributed by atoms with Crippen LogP contribution in [-0.4, -0.2) is 16.7 Å². The van der Waals surface area contributed by atoms with Crippen molar-refractivity contribution in [2.45, 2.75) is 16.8 Å². The molecule has 0 saturated carbocycles. The first-order valence-corrected chi connectivity index (χ1v) is 10.7.